The molecule has 0 rings (SSSR count). The van der Waals surface area contributed by atoms with Gasteiger partial charge in [0.1, 0.15) is 0 Å². The summed E-state index contributed by atoms with van der Waals surface area (Å²) >= 11 is 0. The Balaban J connectivity index is 2.82. The summed E-state index contributed by atoms with van der Waals surface area (Å²) in [5.41, 5.74) is 0. The maximum atomic E-state index is 10.2. The van der Waals surface area contributed by atoms with Gasteiger partial charge in [-0.2, -0.15) is 0 Å². The second-order valence-corrected chi connectivity index (χ2v) is 3.71. The lowest BCUT2D eigenvalue weighted by Gasteiger charge is -1.89. The summed E-state index contributed by atoms with van der Waals surface area (Å²) in [6.07, 6.45) is 0. The molecule has 1 N–H and O–H groups in total. The van der Waals surface area contributed by atoms with Crippen molar-refractivity contribution in [1.29, 1.82) is 0 Å². The predicted molar refractivity (Wildman–Crippen MR) is 37.8 cm³/mol. The van der Waals surface area contributed by atoms with Gasteiger partial charge in [0.25, 0.3) is 0 Å². The average Bonchev–Trinajstić information content (AvgIpc) is 1.66. The first-order valence-electron chi connectivity index (χ1n) is 2.18. The Morgan fingerprint density at radius 3 is 2.75 bits per heavy atom. The van der Waals surface area contributed by atoms with Crippen molar-refractivity contribution in [3.63, 3.8) is 0 Å². The topological polar surface area (TPSA) is 37.3 Å². The maximum absolute atomic E-state index is 10.2. The molecule has 0 fully saturated rings. The molecular weight excluding hydrogens is 144 g/mol. The summed E-state index contributed by atoms with van der Waals surface area (Å²) in [5, 5.41) is 8.32. The molecular formula is C4H8O2S2. The molecule has 0 saturated heterocycles. The molecule has 0 radical (unpaired) electrons. The summed E-state index contributed by atoms with van der Waals surface area (Å²) in [7, 11) is 2.55. The van der Waals surface area contributed by atoms with E-state index in [2.05, 4.69) is 0 Å². The van der Waals surface area contributed by atoms with Gasteiger partial charge in [0.2, 0.25) is 0 Å². The van der Waals surface area contributed by atoms with E-state index in [0.29, 0.717) is 5.75 Å². The first kappa shape index (κ1) is 8.33. The van der Waals surface area contributed by atoms with Crippen LogP contribution in [0, 0.1) is 0 Å². The van der Waals surface area contributed by atoms with Crippen LogP contribution in [0.2, 0.25) is 0 Å². The maximum Gasteiger partial charge on any atom is 0.196 e. The first-order chi connectivity index (χ1) is 3.77. The van der Waals surface area contributed by atoms with Crippen molar-refractivity contribution in [3.8, 4) is 0 Å². The quantitative estimate of drug-likeness (QED) is 0.482. The number of carbonyl (C=O) groups excluding carboxylic acids is 1. The van der Waals surface area contributed by atoms with E-state index in [0.717, 1.165) is 0 Å². The first-order valence-corrected chi connectivity index (χ1v) is 4.50. The lowest BCUT2D eigenvalue weighted by Crippen LogP contribution is -1.83. The zero-order valence-corrected chi connectivity index (χ0v) is 6.22. The van der Waals surface area contributed by atoms with Gasteiger partial charge in [-0.05, 0) is 10.8 Å². The van der Waals surface area contributed by atoms with Crippen LogP contribution in [0.5, 0.6) is 0 Å². The molecule has 0 aromatic rings. The summed E-state index contributed by atoms with van der Waals surface area (Å²) in [4.78, 5) is 10.2. The number of hydrogen-bond acceptors (Lipinski definition) is 4. The summed E-state index contributed by atoms with van der Waals surface area (Å²) in [6.45, 7) is 1.65. The van der Waals surface area contributed by atoms with Crippen LogP contribution < -0.4 is 0 Å². The van der Waals surface area contributed by atoms with Gasteiger partial charge < -0.3 is 5.11 Å². The largest absolute Gasteiger partial charge is 0.395 e. The van der Waals surface area contributed by atoms with Gasteiger partial charge in [-0.25, -0.2) is 0 Å². The van der Waals surface area contributed by atoms with E-state index in [9.17, 15) is 4.79 Å². The van der Waals surface area contributed by atoms with Crippen LogP contribution in [0.4, 0.5) is 0 Å². The van der Waals surface area contributed by atoms with Crippen LogP contribution in [0.1, 0.15) is 6.92 Å². The van der Waals surface area contributed by atoms with Gasteiger partial charge >= 0.3 is 0 Å². The highest BCUT2D eigenvalue weighted by atomic mass is 33.1. The molecule has 0 aromatic heterocycles. The molecule has 0 heterocycles. The van der Waals surface area contributed by atoms with Crippen LogP contribution >= 0.6 is 21.6 Å². The number of aliphatic hydroxyl groups is 1. The SMILES string of the molecule is CC(=O)SSCCO. The number of hydrogen-bond donors (Lipinski definition) is 1. The second kappa shape index (κ2) is 5.47. The standard InChI is InChI=1S/C4H8O2S2/c1-4(6)8-7-3-2-5/h5H,2-3H2,1H3. The number of carbonyl (C=O) groups is 1. The van der Waals surface area contributed by atoms with Crippen molar-refractivity contribution in [2.45, 2.75) is 6.92 Å². The number of rotatable bonds is 3. The molecule has 48 valence electrons. The van der Waals surface area contributed by atoms with E-state index >= 15 is 0 Å². The molecule has 4 heteroatoms. The smallest absolute Gasteiger partial charge is 0.196 e. The van der Waals surface area contributed by atoms with Crippen LogP contribution in [0.15, 0.2) is 0 Å². The fourth-order valence-corrected chi connectivity index (χ4v) is 1.46. The van der Waals surface area contributed by atoms with Gasteiger partial charge in [0, 0.05) is 12.7 Å². The minimum Gasteiger partial charge on any atom is -0.395 e. The highest BCUT2D eigenvalue weighted by Gasteiger charge is 1.91. The Labute approximate surface area is 56.4 Å². The molecule has 0 unspecified atom stereocenters. The average molecular weight is 152 g/mol. The van der Waals surface area contributed by atoms with Crippen molar-refractivity contribution in [3.05, 3.63) is 0 Å². The summed E-state index contributed by atoms with van der Waals surface area (Å²) < 4.78 is 0. The molecule has 0 aliphatic carbocycles. The Morgan fingerprint density at radius 1 is 1.75 bits per heavy atom. The molecule has 0 spiro atoms. The monoisotopic (exact) mass is 152 g/mol. The molecule has 0 amide bonds. The summed E-state index contributed by atoms with van der Waals surface area (Å²) in [5.74, 6) is 0.629. The van der Waals surface area contributed by atoms with Crippen LogP contribution in [-0.2, 0) is 4.79 Å². The van der Waals surface area contributed by atoms with Crippen molar-refractivity contribution in [2.24, 2.45) is 0 Å². The van der Waals surface area contributed by atoms with Crippen molar-refractivity contribution >= 4 is 26.7 Å². The fraction of sp³-hybridized carbons (Fsp3) is 0.750. The van der Waals surface area contributed by atoms with E-state index < -0.39 is 0 Å². The zero-order valence-electron chi connectivity index (χ0n) is 4.59. The predicted octanol–water partition coefficient (Wildman–Crippen LogP) is 0.907. The minimum atomic E-state index is 0.0865. The van der Waals surface area contributed by atoms with E-state index in [1.165, 1.54) is 28.5 Å². The van der Waals surface area contributed by atoms with Crippen LogP contribution in [0.3, 0.4) is 0 Å². The third kappa shape index (κ3) is 6.33. The highest BCUT2D eigenvalue weighted by Crippen LogP contribution is 2.20. The molecule has 8 heavy (non-hydrogen) atoms. The third-order valence-corrected chi connectivity index (χ3v) is 2.61. The lowest BCUT2D eigenvalue weighted by atomic mass is 10.9. The number of aliphatic hydroxyl groups excluding tert-OH is 1. The fourth-order valence-electron chi connectivity index (χ4n) is 0.162. The van der Waals surface area contributed by atoms with Gasteiger partial charge in [-0.3, -0.25) is 4.79 Å². The molecule has 0 aromatic carbocycles. The minimum absolute atomic E-state index is 0.0865. The Bertz CT molecular complexity index is 74.4. The third-order valence-electron chi connectivity index (χ3n) is 0.351. The van der Waals surface area contributed by atoms with E-state index in [1.807, 2.05) is 0 Å². The van der Waals surface area contributed by atoms with E-state index in [1.54, 1.807) is 0 Å². The van der Waals surface area contributed by atoms with Crippen LogP contribution in [0.25, 0.3) is 0 Å². The van der Waals surface area contributed by atoms with E-state index in [-0.39, 0.29) is 11.7 Å². The lowest BCUT2D eigenvalue weighted by molar-refractivity contribution is -0.109. The van der Waals surface area contributed by atoms with Crippen molar-refractivity contribution in [2.75, 3.05) is 12.4 Å². The van der Waals surface area contributed by atoms with Crippen molar-refractivity contribution < 1.29 is 9.90 Å². The van der Waals surface area contributed by atoms with Gasteiger partial charge in [0.05, 0.1) is 6.61 Å². The molecule has 0 aliphatic rings. The molecule has 0 atom stereocenters. The zero-order chi connectivity index (χ0) is 6.41. The van der Waals surface area contributed by atoms with Crippen molar-refractivity contribution in [1.82, 2.24) is 0 Å². The second-order valence-electron chi connectivity index (χ2n) is 1.12. The molecule has 2 nitrogen and oxygen atoms in total. The Morgan fingerprint density at radius 2 is 2.38 bits per heavy atom. The Kier molecular flexibility index (Phi) is 5.69. The molecule has 0 bridgehead atoms. The molecule has 0 saturated carbocycles. The van der Waals surface area contributed by atoms with Gasteiger partial charge in [0.15, 0.2) is 5.12 Å². The summed E-state index contributed by atoms with van der Waals surface area (Å²) in [6, 6.07) is 0. The van der Waals surface area contributed by atoms with E-state index in [4.69, 9.17) is 5.11 Å². The normalized spacial score (nSPS) is 9.25. The Hall–Kier alpha value is 0.330. The van der Waals surface area contributed by atoms with Gasteiger partial charge in [-0.15, -0.1) is 0 Å². The molecule has 0 aliphatic heterocycles. The van der Waals surface area contributed by atoms with Gasteiger partial charge in [-0.1, -0.05) is 10.8 Å². The highest BCUT2D eigenvalue weighted by molar-refractivity contribution is 8.82. The van der Waals surface area contributed by atoms with Crippen LogP contribution in [-0.4, -0.2) is 22.6 Å².